The fraction of sp³-hybridized carbons (Fsp3) is 0.474. The van der Waals surface area contributed by atoms with Crippen LogP contribution in [0.15, 0.2) is 39.1 Å². The maximum atomic E-state index is 12.8. The molecule has 3 heterocycles. The number of aryl methyl sites for hydroxylation is 1. The van der Waals surface area contributed by atoms with Crippen LogP contribution in [0.2, 0.25) is 0 Å². The third-order valence-electron chi connectivity index (χ3n) is 5.13. The largest absolute Gasteiger partial charge is 0.389 e. The number of nitrogens with zero attached hydrogens (tertiary/aromatic N) is 3. The Kier molecular flexibility index (Phi) is 5.36. The Morgan fingerprint density at radius 3 is 3.04 bits per heavy atom. The SMILES string of the molecule is O=C(CC1CSc2nc3c(c(=O)n21)CCC3)NCC(O)Cn1ccccc1=O. The Bertz CT molecular complexity index is 1020. The second kappa shape index (κ2) is 7.92. The predicted molar refractivity (Wildman–Crippen MR) is 105 cm³/mol. The van der Waals surface area contributed by atoms with E-state index in [1.54, 1.807) is 22.9 Å². The van der Waals surface area contributed by atoms with Gasteiger partial charge in [-0.2, -0.15) is 0 Å². The van der Waals surface area contributed by atoms with E-state index < -0.39 is 6.10 Å². The summed E-state index contributed by atoms with van der Waals surface area (Å²) in [6.07, 6.45) is 3.46. The van der Waals surface area contributed by atoms with Crippen LogP contribution in [-0.4, -0.2) is 43.5 Å². The zero-order chi connectivity index (χ0) is 19.7. The summed E-state index contributed by atoms with van der Waals surface area (Å²) in [5.74, 6) is 0.408. The molecule has 0 radical (unpaired) electrons. The van der Waals surface area contributed by atoms with Crippen molar-refractivity contribution in [2.75, 3.05) is 12.3 Å². The van der Waals surface area contributed by atoms with Crippen molar-refractivity contribution in [1.82, 2.24) is 19.4 Å². The summed E-state index contributed by atoms with van der Waals surface area (Å²) in [5.41, 5.74) is 1.49. The minimum absolute atomic E-state index is 0.0104. The first-order chi connectivity index (χ1) is 13.5. The third-order valence-corrected chi connectivity index (χ3v) is 6.23. The number of hydrogen-bond donors (Lipinski definition) is 2. The summed E-state index contributed by atoms with van der Waals surface area (Å²) in [6, 6.07) is 4.55. The first kappa shape index (κ1) is 18.9. The van der Waals surface area contributed by atoms with Crippen LogP contribution < -0.4 is 16.4 Å². The molecule has 2 aliphatic rings. The van der Waals surface area contributed by atoms with Gasteiger partial charge in [-0.25, -0.2) is 4.98 Å². The van der Waals surface area contributed by atoms with Crippen molar-refractivity contribution in [2.24, 2.45) is 0 Å². The van der Waals surface area contributed by atoms with Gasteiger partial charge in [-0.15, -0.1) is 0 Å². The first-order valence-electron chi connectivity index (χ1n) is 9.40. The second-order valence-electron chi connectivity index (χ2n) is 7.17. The Morgan fingerprint density at radius 2 is 2.21 bits per heavy atom. The summed E-state index contributed by atoms with van der Waals surface area (Å²) < 4.78 is 3.06. The molecule has 1 aliphatic heterocycles. The fourth-order valence-electron chi connectivity index (χ4n) is 3.72. The van der Waals surface area contributed by atoms with Crippen molar-refractivity contribution in [2.45, 2.75) is 49.5 Å². The number of fused-ring (bicyclic) bond motifs is 2. The smallest absolute Gasteiger partial charge is 0.257 e. The van der Waals surface area contributed by atoms with Gasteiger partial charge in [0.2, 0.25) is 5.91 Å². The molecule has 0 bridgehead atoms. The Morgan fingerprint density at radius 1 is 1.36 bits per heavy atom. The molecule has 1 amide bonds. The minimum atomic E-state index is -0.873. The van der Waals surface area contributed by atoms with E-state index in [2.05, 4.69) is 10.3 Å². The first-order valence-corrected chi connectivity index (χ1v) is 10.4. The molecule has 4 rings (SSSR count). The molecule has 2 unspecified atom stereocenters. The van der Waals surface area contributed by atoms with Gasteiger partial charge in [0.15, 0.2) is 5.16 Å². The Balaban J connectivity index is 1.35. The topological polar surface area (TPSA) is 106 Å². The van der Waals surface area contributed by atoms with Crippen molar-refractivity contribution in [3.63, 3.8) is 0 Å². The third kappa shape index (κ3) is 3.77. The number of aliphatic hydroxyl groups excluding tert-OH is 1. The number of hydrogen-bond acceptors (Lipinski definition) is 6. The highest BCUT2D eigenvalue weighted by Gasteiger charge is 2.31. The number of amides is 1. The highest BCUT2D eigenvalue weighted by atomic mass is 32.2. The zero-order valence-electron chi connectivity index (χ0n) is 15.3. The molecule has 2 aromatic rings. The van der Waals surface area contributed by atoms with Crippen LogP contribution in [0.1, 0.15) is 30.1 Å². The average Bonchev–Trinajstić information content (AvgIpc) is 3.30. The summed E-state index contributed by atoms with van der Waals surface area (Å²) in [6.45, 7) is 0.155. The van der Waals surface area contributed by atoms with Gasteiger partial charge in [-0.05, 0) is 25.3 Å². The molecule has 28 heavy (non-hydrogen) atoms. The summed E-state index contributed by atoms with van der Waals surface area (Å²) >= 11 is 1.51. The van der Waals surface area contributed by atoms with Gasteiger partial charge in [0.05, 0.1) is 24.4 Å². The molecular weight excluding hydrogens is 380 g/mol. The lowest BCUT2D eigenvalue weighted by atomic mass is 10.2. The average molecular weight is 402 g/mol. The van der Waals surface area contributed by atoms with Crippen LogP contribution in [-0.2, 0) is 24.2 Å². The zero-order valence-corrected chi connectivity index (χ0v) is 16.2. The molecule has 9 heteroatoms. The summed E-state index contributed by atoms with van der Waals surface area (Å²) in [4.78, 5) is 41.4. The van der Waals surface area contributed by atoms with Crippen LogP contribution in [0, 0.1) is 0 Å². The molecule has 2 N–H and O–H groups in total. The van der Waals surface area contributed by atoms with Gasteiger partial charge in [0.1, 0.15) is 0 Å². The Hall–Kier alpha value is -2.39. The Labute approximate surface area is 165 Å². The maximum absolute atomic E-state index is 12.8. The quantitative estimate of drug-likeness (QED) is 0.665. The molecule has 0 aromatic carbocycles. The monoisotopic (exact) mass is 402 g/mol. The van der Waals surface area contributed by atoms with Crippen molar-refractivity contribution in [3.8, 4) is 0 Å². The molecule has 2 aromatic heterocycles. The number of carbonyl (C=O) groups is 1. The maximum Gasteiger partial charge on any atom is 0.257 e. The number of rotatable bonds is 6. The van der Waals surface area contributed by atoms with E-state index in [9.17, 15) is 19.5 Å². The summed E-state index contributed by atoms with van der Waals surface area (Å²) in [7, 11) is 0. The van der Waals surface area contributed by atoms with Crippen molar-refractivity contribution >= 4 is 17.7 Å². The van der Waals surface area contributed by atoms with Gasteiger partial charge >= 0.3 is 0 Å². The molecule has 0 fully saturated rings. The highest BCUT2D eigenvalue weighted by molar-refractivity contribution is 7.99. The van der Waals surface area contributed by atoms with E-state index in [4.69, 9.17) is 0 Å². The van der Waals surface area contributed by atoms with Crippen LogP contribution in [0.5, 0.6) is 0 Å². The van der Waals surface area contributed by atoms with E-state index in [-0.39, 0.29) is 42.6 Å². The molecule has 0 saturated heterocycles. The normalized spacial score (nSPS) is 18.5. The molecule has 0 saturated carbocycles. The van der Waals surface area contributed by atoms with Gasteiger partial charge in [0.25, 0.3) is 11.1 Å². The number of carbonyl (C=O) groups excluding carboxylic acids is 1. The lowest BCUT2D eigenvalue weighted by molar-refractivity contribution is -0.122. The van der Waals surface area contributed by atoms with Crippen molar-refractivity contribution in [1.29, 1.82) is 0 Å². The number of nitrogens with one attached hydrogen (secondary N) is 1. The van der Waals surface area contributed by atoms with Crippen molar-refractivity contribution < 1.29 is 9.90 Å². The van der Waals surface area contributed by atoms with E-state index in [0.29, 0.717) is 10.9 Å². The molecular formula is C19H22N4O4S. The van der Waals surface area contributed by atoms with E-state index in [1.165, 1.54) is 22.4 Å². The number of thioether (sulfide) groups is 1. The number of aromatic nitrogens is 3. The van der Waals surface area contributed by atoms with Gasteiger partial charge in [-0.1, -0.05) is 17.8 Å². The minimum Gasteiger partial charge on any atom is -0.389 e. The predicted octanol–water partition coefficient (Wildman–Crippen LogP) is 0.108. The summed E-state index contributed by atoms with van der Waals surface area (Å²) in [5, 5.41) is 13.5. The fourth-order valence-corrected chi connectivity index (χ4v) is 4.88. The van der Waals surface area contributed by atoms with Crippen molar-refractivity contribution in [3.05, 3.63) is 56.4 Å². The highest BCUT2D eigenvalue weighted by Crippen LogP contribution is 2.33. The molecule has 148 valence electrons. The van der Waals surface area contributed by atoms with E-state index in [0.717, 1.165) is 30.5 Å². The van der Waals surface area contributed by atoms with Crippen LogP contribution >= 0.6 is 11.8 Å². The van der Waals surface area contributed by atoms with Crippen LogP contribution in [0.3, 0.4) is 0 Å². The van der Waals surface area contributed by atoms with Crippen LogP contribution in [0.25, 0.3) is 0 Å². The molecule has 1 aliphatic carbocycles. The molecule has 8 nitrogen and oxygen atoms in total. The lowest BCUT2D eigenvalue weighted by Crippen LogP contribution is -2.38. The lowest BCUT2D eigenvalue weighted by Gasteiger charge is -2.16. The molecule has 0 spiro atoms. The van der Waals surface area contributed by atoms with Gasteiger partial charge in [-0.3, -0.25) is 19.0 Å². The number of pyridine rings is 1. The number of aliphatic hydroxyl groups is 1. The standard InChI is InChI=1S/C19H22N4O4S/c24-13(10-22-7-2-1-6-17(22)26)9-20-16(25)8-12-11-28-19-21-15-5-3-4-14(15)18(27)23(12)19/h1-2,6-7,12-13,24H,3-5,8-11H2,(H,20,25). The molecule has 2 atom stereocenters. The van der Waals surface area contributed by atoms with Crippen LogP contribution in [0.4, 0.5) is 0 Å². The van der Waals surface area contributed by atoms with E-state index in [1.807, 2.05) is 0 Å². The van der Waals surface area contributed by atoms with Gasteiger partial charge < -0.3 is 15.0 Å². The van der Waals surface area contributed by atoms with Gasteiger partial charge in [0, 0.05) is 36.5 Å². The second-order valence-corrected chi connectivity index (χ2v) is 8.15. The van der Waals surface area contributed by atoms with E-state index >= 15 is 0 Å².